The number of aryl methyl sites for hydroxylation is 1. The molecular formula is C10H10N4O2S. The number of nitrogens with two attached hydrogens (primary N) is 1. The third kappa shape index (κ3) is 1.80. The van der Waals surface area contributed by atoms with Gasteiger partial charge in [-0.25, -0.2) is 24.4 Å². The third-order valence-electron chi connectivity index (χ3n) is 2.42. The van der Waals surface area contributed by atoms with Crippen LogP contribution < -0.4 is 17.1 Å². The number of aromatic amines is 2. The lowest BCUT2D eigenvalue weighted by atomic mass is 10.1. The van der Waals surface area contributed by atoms with Crippen LogP contribution in [0.3, 0.4) is 0 Å². The number of benzene rings is 1. The summed E-state index contributed by atoms with van der Waals surface area (Å²) in [5.41, 5.74) is 6.21. The van der Waals surface area contributed by atoms with Gasteiger partial charge in [-0.3, -0.25) is 0 Å². The molecule has 1 aromatic carbocycles. The molecule has 7 heteroatoms. The van der Waals surface area contributed by atoms with E-state index in [1.54, 1.807) is 12.1 Å². The topological polar surface area (TPSA) is 96.7 Å². The van der Waals surface area contributed by atoms with Crippen LogP contribution in [0.2, 0.25) is 0 Å². The lowest BCUT2D eigenvalue weighted by Crippen LogP contribution is -2.28. The maximum absolute atomic E-state index is 11.5. The average molecular weight is 250 g/mol. The minimum atomic E-state index is -0.557. The lowest BCUT2D eigenvalue weighted by Gasteiger charge is -2.09. The van der Waals surface area contributed by atoms with Gasteiger partial charge in [-0.1, -0.05) is 24.4 Å². The van der Waals surface area contributed by atoms with E-state index in [4.69, 9.17) is 18.0 Å². The Labute approximate surface area is 101 Å². The van der Waals surface area contributed by atoms with E-state index in [0.29, 0.717) is 11.3 Å². The Bertz CT molecular complexity index is 667. The number of nitrogens with one attached hydrogen (secondary N) is 2. The van der Waals surface area contributed by atoms with E-state index >= 15 is 0 Å². The molecule has 88 valence electrons. The van der Waals surface area contributed by atoms with Gasteiger partial charge in [0, 0.05) is 5.56 Å². The van der Waals surface area contributed by atoms with Gasteiger partial charge >= 0.3 is 11.4 Å². The van der Waals surface area contributed by atoms with Crippen molar-refractivity contribution in [2.24, 2.45) is 5.73 Å². The van der Waals surface area contributed by atoms with Gasteiger partial charge < -0.3 is 5.73 Å². The van der Waals surface area contributed by atoms with Crippen LogP contribution in [-0.4, -0.2) is 19.8 Å². The van der Waals surface area contributed by atoms with E-state index in [1.165, 1.54) is 0 Å². The summed E-state index contributed by atoms with van der Waals surface area (Å²) in [5.74, 6) is 0. The predicted molar refractivity (Wildman–Crippen MR) is 67.6 cm³/mol. The molecule has 0 aliphatic rings. The van der Waals surface area contributed by atoms with Crippen molar-refractivity contribution in [3.05, 3.63) is 50.3 Å². The van der Waals surface area contributed by atoms with Gasteiger partial charge in [-0.15, -0.1) is 0 Å². The summed E-state index contributed by atoms with van der Waals surface area (Å²) in [5, 5.41) is 4.41. The van der Waals surface area contributed by atoms with Gasteiger partial charge in [-0.2, -0.15) is 0 Å². The Morgan fingerprint density at radius 3 is 2.41 bits per heavy atom. The molecule has 0 spiro atoms. The minimum absolute atomic E-state index is 0.144. The highest BCUT2D eigenvalue weighted by Gasteiger charge is 2.14. The van der Waals surface area contributed by atoms with Crippen molar-refractivity contribution in [2.75, 3.05) is 0 Å². The Morgan fingerprint density at radius 1 is 1.29 bits per heavy atom. The zero-order chi connectivity index (χ0) is 12.6. The van der Waals surface area contributed by atoms with E-state index in [2.05, 4.69) is 10.2 Å². The van der Waals surface area contributed by atoms with Crippen molar-refractivity contribution in [1.82, 2.24) is 14.8 Å². The van der Waals surface area contributed by atoms with Crippen molar-refractivity contribution >= 4 is 17.2 Å². The molecule has 0 unspecified atom stereocenters. The largest absolute Gasteiger partial charge is 0.389 e. The third-order valence-corrected chi connectivity index (χ3v) is 2.62. The number of aromatic nitrogens is 3. The molecular weight excluding hydrogens is 240 g/mol. The molecule has 6 nitrogen and oxygen atoms in total. The predicted octanol–water partition coefficient (Wildman–Crippen LogP) is -0.203. The first-order valence-electron chi connectivity index (χ1n) is 4.82. The summed E-state index contributed by atoms with van der Waals surface area (Å²) in [7, 11) is 0. The fraction of sp³-hybridized carbons (Fsp3) is 0.100. The molecule has 0 saturated heterocycles. The second-order valence-corrected chi connectivity index (χ2v) is 3.97. The molecule has 4 N–H and O–H groups in total. The Balaban J connectivity index is 2.86. The number of thiocarbonyl (C=S) groups is 1. The second kappa shape index (κ2) is 4.02. The van der Waals surface area contributed by atoms with Crippen LogP contribution in [0.4, 0.5) is 0 Å². The number of H-pyrrole nitrogens is 2. The number of rotatable bonds is 2. The maximum atomic E-state index is 11.5. The zero-order valence-corrected chi connectivity index (χ0v) is 9.80. The van der Waals surface area contributed by atoms with Crippen molar-refractivity contribution in [3.63, 3.8) is 0 Å². The average Bonchev–Trinajstić information content (AvgIpc) is 2.57. The highest BCUT2D eigenvalue weighted by atomic mass is 32.1. The summed E-state index contributed by atoms with van der Waals surface area (Å²) >= 11 is 4.94. The van der Waals surface area contributed by atoms with E-state index in [1.807, 2.05) is 13.0 Å². The molecule has 0 bridgehead atoms. The molecule has 1 aromatic heterocycles. The Kier molecular flexibility index (Phi) is 2.68. The molecule has 2 aromatic rings. The van der Waals surface area contributed by atoms with Crippen LogP contribution in [0.5, 0.6) is 0 Å². The highest BCUT2D eigenvalue weighted by molar-refractivity contribution is 7.80. The second-order valence-electron chi connectivity index (χ2n) is 3.53. The minimum Gasteiger partial charge on any atom is -0.389 e. The monoisotopic (exact) mass is 250 g/mol. The van der Waals surface area contributed by atoms with Crippen LogP contribution in [-0.2, 0) is 0 Å². The first kappa shape index (κ1) is 11.3. The van der Waals surface area contributed by atoms with Gasteiger partial charge in [0.15, 0.2) is 0 Å². The van der Waals surface area contributed by atoms with Crippen molar-refractivity contribution < 1.29 is 0 Å². The summed E-state index contributed by atoms with van der Waals surface area (Å²) < 4.78 is 0.960. The van der Waals surface area contributed by atoms with Crippen molar-refractivity contribution in [2.45, 2.75) is 6.92 Å². The van der Waals surface area contributed by atoms with E-state index in [-0.39, 0.29) is 4.99 Å². The van der Waals surface area contributed by atoms with Gasteiger partial charge in [0.1, 0.15) is 4.99 Å². The van der Waals surface area contributed by atoms with Crippen LogP contribution in [0.25, 0.3) is 5.69 Å². The molecule has 0 saturated carbocycles. The van der Waals surface area contributed by atoms with Gasteiger partial charge in [-0.05, 0) is 18.6 Å². The molecule has 0 amide bonds. The first-order valence-corrected chi connectivity index (χ1v) is 5.22. The fourth-order valence-corrected chi connectivity index (χ4v) is 1.95. The summed E-state index contributed by atoms with van der Waals surface area (Å²) in [6.07, 6.45) is 0. The Hall–Kier alpha value is -2.15. The molecule has 0 aliphatic heterocycles. The highest BCUT2D eigenvalue weighted by Crippen LogP contribution is 2.15. The quantitative estimate of drug-likeness (QED) is 0.643. The first-order chi connectivity index (χ1) is 8.02. The van der Waals surface area contributed by atoms with Crippen LogP contribution in [0, 0.1) is 6.92 Å². The maximum Gasteiger partial charge on any atom is 0.349 e. The number of hydrogen-bond donors (Lipinski definition) is 3. The number of nitrogens with zero attached hydrogens (tertiary/aromatic N) is 1. The molecule has 0 atom stereocenters. The van der Waals surface area contributed by atoms with E-state index in [9.17, 15) is 9.59 Å². The van der Waals surface area contributed by atoms with Gasteiger partial charge in [0.05, 0.1) is 5.69 Å². The van der Waals surface area contributed by atoms with E-state index < -0.39 is 11.4 Å². The Morgan fingerprint density at radius 2 is 1.88 bits per heavy atom. The molecule has 2 rings (SSSR count). The summed E-state index contributed by atoms with van der Waals surface area (Å²) in [6.45, 7) is 1.81. The van der Waals surface area contributed by atoms with Crippen LogP contribution in [0.15, 0.2) is 27.8 Å². The molecule has 0 aliphatic carbocycles. The lowest BCUT2D eigenvalue weighted by molar-refractivity contribution is 0.947. The molecule has 17 heavy (non-hydrogen) atoms. The van der Waals surface area contributed by atoms with Gasteiger partial charge in [0.2, 0.25) is 0 Å². The van der Waals surface area contributed by atoms with E-state index in [0.717, 1.165) is 10.1 Å². The normalized spacial score (nSPS) is 10.4. The smallest absolute Gasteiger partial charge is 0.349 e. The fourth-order valence-electron chi connectivity index (χ4n) is 1.69. The standard InChI is InChI=1S/C10H10N4O2S/c1-5-3-2-4-6(7(5)8(11)17)14-9(15)12-13-10(14)16/h2-4H,1H3,(H2,11,17)(H,12,15)(H,13,16). The summed E-state index contributed by atoms with van der Waals surface area (Å²) in [6, 6.07) is 5.15. The van der Waals surface area contributed by atoms with Crippen LogP contribution >= 0.6 is 12.2 Å². The van der Waals surface area contributed by atoms with Crippen molar-refractivity contribution in [1.29, 1.82) is 0 Å². The SMILES string of the molecule is Cc1cccc(-n2c(=O)[nH][nH]c2=O)c1C(N)=S. The zero-order valence-electron chi connectivity index (χ0n) is 8.98. The summed E-state index contributed by atoms with van der Waals surface area (Å²) in [4.78, 5) is 23.2. The molecule has 0 radical (unpaired) electrons. The number of hydrogen-bond acceptors (Lipinski definition) is 3. The van der Waals surface area contributed by atoms with Crippen molar-refractivity contribution in [3.8, 4) is 5.69 Å². The molecule has 0 fully saturated rings. The molecule has 1 heterocycles. The van der Waals surface area contributed by atoms with Gasteiger partial charge in [0.25, 0.3) is 0 Å². The van der Waals surface area contributed by atoms with Crippen LogP contribution in [0.1, 0.15) is 11.1 Å².